The Morgan fingerprint density at radius 2 is 1.85 bits per heavy atom. The van der Waals surface area contributed by atoms with Crippen LogP contribution in [0.15, 0.2) is 42.5 Å². The van der Waals surface area contributed by atoms with E-state index in [1.54, 1.807) is 50.6 Å². The number of phenolic OH excluding ortho intramolecular Hbond substituents is 1. The molecule has 1 amide bonds. The number of carbonyl (C=O) groups excluding carboxylic acids is 1. The highest BCUT2D eigenvalue weighted by Gasteiger charge is 2.18. The quantitative estimate of drug-likeness (QED) is 0.663. The summed E-state index contributed by atoms with van der Waals surface area (Å²) in [5, 5.41) is 9.85. The van der Waals surface area contributed by atoms with Crippen molar-refractivity contribution in [3.63, 3.8) is 0 Å². The van der Waals surface area contributed by atoms with Crippen LogP contribution in [0.1, 0.15) is 10.4 Å². The van der Waals surface area contributed by atoms with Crippen molar-refractivity contribution in [1.82, 2.24) is 0 Å². The van der Waals surface area contributed by atoms with Crippen LogP contribution in [0, 0.1) is 0 Å². The molecule has 5 heteroatoms. The van der Waals surface area contributed by atoms with Crippen LogP contribution in [-0.4, -0.2) is 25.2 Å². The normalized spacial score (nSPS) is 10.1. The van der Waals surface area contributed by atoms with E-state index in [0.717, 1.165) is 0 Å². The van der Waals surface area contributed by atoms with Crippen molar-refractivity contribution >= 4 is 17.3 Å². The van der Waals surface area contributed by atoms with Gasteiger partial charge in [0.15, 0.2) is 5.75 Å². The predicted octanol–water partition coefficient (Wildman–Crippen LogP) is 2.26. The number of phenols is 1. The highest BCUT2D eigenvalue weighted by molar-refractivity contribution is 6.08. The zero-order valence-corrected chi connectivity index (χ0v) is 11.3. The van der Waals surface area contributed by atoms with Gasteiger partial charge in [-0.3, -0.25) is 4.79 Å². The third kappa shape index (κ3) is 2.51. The number of anilines is 2. The zero-order valence-electron chi connectivity index (χ0n) is 11.3. The minimum Gasteiger partial charge on any atom is -0.505 e. The molecule has 0 unspecified atom stereocenters. The lowest BCUT2D eigenvalue weighted by atomic mass is 10.1. The SMILES string of the molecule is COc1ccc(N(C)C(=O)c2cccc(N)c2O)cc1. The predicted molar refractivity (Wildman–Crippen MR) is 78.2 cm³/mol. The molecule has 0 saturated heterocycles. The van der Waals surface area contributed by atoms with Gasteiger partial charge in [0.2, 0.25) is 0 Å². The topological polar surface area (TPSA) is 75.8 Å². The molecule has 2 aromatic carbocycles. The molecule has 20 heavy (non-hydrogen) atoms. The van der Waals surface area contributed by atoms with Gasteiger partial charge in [-0.2, -0.15) is 0 Å². The lowest BCUT2D eigenvalue weighted by Gasteiger charge is -2.18. The van der Waals surface area contributed by atoms with Gasteiger partial charge in [-0.25, -0.2) is 0 Å². The van der Waals surface area contributed by atoms with Crippen LogP contribution in [0.5, 0.6) is 11.5 Å². The number of rotatable bonds is 3. The fraction of sp³-hybridized carbons (Fsp3) is 0.133. The van der Waals surface area contributed by atoms with Crippen molar-refractivity contribution in [2.24, 2.45) is 0 Å². The van der Waals surface area contributed by atoms with E-state index in [9.17, 15) is 9.90 Å². The molecule has 104 valence electrons. The van der Waals surface area contributed by atoms with E-state index in [4.69, 9.17) is 10.5 Å². The molecule has 0 heterocycles. The first kappa shape index (κ1) is 13.7. The molecule has 0 spiro atoms. The smallest absolute Gasteiger partial charge is 0.261 e. The van der Waals surface area contributed by atoms with Crippen molar-refractivity contribution in [1.29, 1.82) is 0 Å². The molecule has 0 saturated carbocycles. The molecule has 3 N–H and O–H groups in total. The van der Waals surface area contributed by atoms with Gasteiger partial charge in [0.25, 0.3) is 5.91 Å². The number of nitrogens with two attached hydrogens (primary N) is 1. The van der Waals surface area contributed by atoms with Crippen LogP contribution in [0.25, 0.3) is 0 Å². The van der Waals surface area contributed by atoms with Gasteiger partial charge in [-0.15, -0.1) is 0 Å². The lowest BCUT2D eigenvalue weighted by molar-refractivity contribution is 0.0990. The van der Waals surface area contributed by atoms with Gasteiger partial charge < -0.3 is 20.5 Å². The van der Waals surface area contributed by atoms with E-state index in [0.29, 0.717) is 11.4 Å². The number of nitrogens with zero attached hydrogens (tertiary/aromatic N) is 1. The number of ether oxygens (including phenoxy) is 1. The molecule has 5 nitrogen and oxygen atoms in total. The Morgan fingerprint density at radius 3 is 2.45 bits per heavy atom. The Bertz CT molecular complexity index is 624. The third-order valence-electron chi connectivity index (χ3n) is 3.06. The Morgan fingerprint density at radius 1 is 1.20 bits per heavy atom. The summed E-state index contributed by atoms with van der Waals surface area (Å²) in [4.78, 5) is 13.8. The molecule has 0 fully saturated rings. The van der Waals surface area contributed by atoms with Crippen molar-refractivity contribution < 1.29 is 14.6 Å². The number of nitrogen functional groups attached to an aromatic ring is 1. The van der Waals surface area contributed by atoms with Crippen LogP contribution in [0.4, 0.5) is 11.4 Å². The molecular weight excluding hydrogens is 256 g/mol. The van der Waals surface area contributed by atoms with Crippen LogP contribution < -0.4 is 15.4 Å². The summed E-state index contributed by atoms with van der Waals surface area (Å²) in [6, 6.07) is 11.8. The second kappa shape index (κ2) is 5.52. The summed E-state index contributed by atoms with van der Waals surface area (Å²) in [5.41, 5.74) is 6.64. The molecule has 2 aromatic rings. The summed E-state index contributed by atoms with van der Waals surface area (Å²) < 4.78 is 5.07. The average Bonchev–Trinajstić information content (AvgIpc) is 2.48. The molecule has 0 bridgehead atoms. The Hall–Kier alpha value is -2.69. The van der Waals surface area contributed by atoms with Crippen molar-refractivity contribution in [2.45, 2.75) is 0 Å². The summed E-state index contributed by atoms with van der Waals surface area (Å²) in [6.07, 6.45) is 0. The number of aromatic hydroxyl groups is 1. The standard InChI is InChI=1S/C15H16N2O3/c1-17(10-6-8-11(20-2)9-7-10)15(19)12-4-3-5-13(16)14(12)18/h3-9,18H,16H2,1-2H3. The molecular formula is C15H16N2O3. The van der Waals surface area contributed by atoms with Crippen molar-refractivity contribution in [2.75, 3.05) is 24.8 Å². The van der Waals surface area contributed by atoms with Gasteiger partial charge in [0.05, 0.1) is 18.4 Å². The number of hydrogen-bond donors (Lipinski definition) is 2. The molecule has 0 atom stereocenters. The average molecular weight is 272 g/mol. The Labute approximate surface area is 117 Å². The Balaban J connectivity index is 2.29. The molecule has 0 aliphatic heterocycles. The summed E-state index contributed by atoms with van der Waals surface area (Å²) >= 11 is 0. The molecule has 0 aliphatic rings. The molecule has 0 aromatic heterocycles. The van der Waals surface area contributed by atoms with Gasteiger partial charge in [0, 0.05) is 12.7 Å². The second-order valence-corrected chi connectivity index (χ2v) is 4.31. The van der Waals surface area contributed by atoms with E-state index in [-0.39, 0.29) is 22.9 Å². The first-order valence-corrected chi connectivity index (χ1v) is 6.04. The first-order valence-electron chi connectivity index (χ1n) is 6.04. The maximum Gasteiger partial charge on any atom is 0.261 e. The van der Waals surface area contributed by atoms with Crippen molar-refractivity contribution in [3.8, 4) is 11.5 Å². The van der Waals surface area contributed by atoms with Gasteiger partial charge in [0.1, 0.15) is 5.75 Å². The summed E-state index contributed by atoms with van der Waals surface area (Å²) in [6.45, 7) is 0. The largest absolute Gasteiger partial charge is 0.505 e. The summed E-state index contributed by atoms with van der Waals surface area (Å²) in [7, 11) is 3.21. The van der Waals surface area contributed by atoms with Crippen molar-refractivity contribution in [3.05, 3.63) is 48.0 Å². The lowest BCUT2D eigenvalue weighted by Crippen LogP contribution is -2.26. The number of hydrogen-bond acceptors (Lipinski definition) is 4. The zero-order chi connectivity index (χ0) is 14.7. The molecule has 2 rings (SSSR count). The minimum absolute atomic E-state index is 0.170. The van der Waals surface area contributed by atoms with E-state index in [1.807, 2.05) is 0 Å². The van der Waals surface area contributed by atoms with E-state index in [2.05, 4.69) is 0 Å². The van der Waals surface area contributed by atoms with Crippen LogP contribution in [0.2, 0.25) is 0 Å². The highest BCUT2D eigenvalue weighted by Crippen LogP contribution is 2.27. The maximum absolute atomic E-state index is 12.4. The van der Waals surface area contributed by atoms with Crippen LogP contribution in [0.3, 0.4) is 0 Å². The van der Waals surface area contributed by atoms with Crippen LogP contribution in [-0.2, 0) is 0 Å². The number of benzene rings is 2. The highest BCUT2D eigenvalue weighted by atomic mass is 16.5. The van der Waals surface area contributed by atoms with Gasteiger partial charge in [-0.05, 0) is 36.4 Å². The third-order valence-corrected chi connectivity index (χ3v) is 3.06. The minimum atomic E-state index is -0.333. The Kier molecular flexibility index (Phi) is 3.79. The van der Waals surface area contributed by atoms with E-state index >= 15 is 0 Å². The molecule has 0 aliphatic carbocycles. The first-order chi connectivity index (χ1) is 9.54. The van der Waals surface area contributed by atoms with Crippen LogP contribution >= 0.6 is 0 Å². The number of amides is 1. The van der Waals surface area contributed by atoms with Gasteiger partial charge >= 0.3 is 0 Å². The fourth-order valence-electron chi connectivity index (χ4n) is 1.84. The maximum atomic E-state index is 12.4. The van der Waals surface area contributed by atoms with Gasteiger partial charge in [-0.1, -0.05) is 6.07 Å². The number of para-hydroxylation sites is 1. The van der Waals surface area contributed by atoms with E-state index < -0.39 is 0 Å². The second-order valence-electron chi connectivity index (χ2n) is 4.31. The van der Waals surface area contributed by atoms with E-state index in [1.165, 1.54) is 11.0 Å². The fourth-order valence-corrected chi connectivity index (χ4v) is 1.84. The number of methoxy groups -OCH3 is 1. The summed E-state index contributed by atoms with van der Waals surface area (Å²) in [5.74, 6) is 0.180. The monoisotopic (exact) mass is 272 g/mol. The molecule has 0 radical (unpaired) electrons. The number of carbonyl (C=O) groups is 1.